The molecule has 2 heteroatoms. The molecule has 0 spiro atoms. The third-order valence-corrected chi connectivity index (χ3v) is 2.71. The third-order valence-electron chi connectivity index (χ3n) is 1.73. The lowest BCUT2D eigenvalue weighted by molar-refractivity contribution is 0.314. The molecular weight excluding hydrogens is 153 g/mol. The van der Waals surface area contributed by atoms with Gasteiger partial charge in [0.05, 0.1) is 0 Å². The molecule has 0 bridgehead atoms. The molecule has 11 heavy (non-hydrogen) atoms. The summed E-state index contributed by atoms with van der Waals surface area (Å²) in [4.78, 5) is 0. The van der Waals surface area contributed by atoms with Crippen LogP contribution in [0.2, 0.25) is 0 Å². The van der Waals surface area contributed by atoms with Gasteiger partial charge in [-0.15, -0.1) is 8.58 Å². The average molecular weight is 175 g/mol. The second kappa shape index (κ2) is 5.11. The van der Waals surface area contributed by atoms with Gasteiger partial charge in [0.25, 0.3) is 0 Å². The molecule has 2 atom stereocenters. The Morgan fingerprint density at radius 3 is 2.18 bits per heavy atom. The summed E-state index contributed by atoms with van der Waals surface area (Å²) >= 11 is 0. The molecule has 0 amide bonds. The van der Waals surface area contributed by atoms with Crippen molar-refractivity contribution >= 4 is 8.58 Å². The Morgan fingerprint density at radius 2 is 1.91 bits per heavy atom. The fourth-order valence-electron chi connectivity index (χ4n) is 1.39. The van der Waals surface area contributed by atoms with Crippen molar-refractivity contribution in [2.45, 2.75) is 27.2 Å². The molecule has 0 aliphatic heterocycles. The minimum atomic E-state index is 0.448. The summed E-state index contributed by atoms with van der Waals surface area (Å²) in [5, 5.41) is 0. The fraction of sp³-hybridized carbons (Fsp3) is 1.00. The van der Waals surface area contributed by atoms with Crippen molar-refractivity contribution < 1.29 is 0 Å². The number of hydrogen-bond acceptors (Lipinski definition) is 1. The molecule has 0 aliphatic rings. The first-order valence-corrected chi connectivity index (χ1v) is 6.05. The van der Waals surface area contributed by atoms with Gasteiger partial charge in [-0.3, -0.25) is 0 Å². The van der Waals surface area contributed by atoms with E-state index in [0.717, 1.165) is 21.0 Å². The summed E-state index contributed by atoms with van der Waals surface area (Å²) in [6.45, 7) is 9.97. The second-order valence-electron chi connectivity index (χ2n) is 4.42. The van der Waals surface area contributed by atoms with Crippen molar-refractivity contribution in [2.75, 3.05) is 19.4 Å². The molecule has 0 heterocycles. The van der Waals surface area contributed by atoms with Crippen LogP contribution in [0.4, 0.5) is 0 Å². The van der Waals surface area contributed by atoms with Gasteiger partial charge in [-0.25, -0.2) is 0 Å². The molecule has 0 saturated heterocycles. The number of nitrogens with two attached hydrogens (primary N) is 1. The molecule has 0 aromatic carbocycles. The van der Waals surface area contributed by atoms with E-state index >= 15 is 0 Å². The molecule has 0 saturated carbocycles. The Hall–Kier alpha value is 0.390. The topological polar surface area (TPSA) is 26.0 Å². The predicted octanol–water partition coefficient (Wildman–Crippen LogP) is 2.31. The van der Waals surface area contributed by atoms with Crippen LogP contribution in [0, 0.1) is 11.3 Å². The van der Waals surface area contributed by atoms with E-state index in [9.17, 15) is 0 Å². The highest BCUT2D eigenvalue weighted by molar-refractivity contribution is 7.36. The molecule has 0 aliphatic carbocycles. The number of rotatable bonds is 4. The quantitative estimate of drug-likeness (QED) is 0.652. The summed E-state index contributed by atoms with van der Waals surface area (Å²) in [6, 6.07) is 0. The van der Waals surface area contributed by atoms with E-state index < -0.39 is 0 Å². The maximum atomic E-state index is 5.67. The summed E-state index contributed by atoms with van der Waals surface area (Å²) in [5.74, 6) is 0.748. The van der Waals surface area contributed by atoms with Crippen molar-refractivity contribution in [3.63, 3.8) is 0 Å². The molecule has 2 N–H and O–H groups in total. The van der Waals surface area contributed by atoms with E-state index in [0.29, 0.717) is 5.41 Å². The lowest BCUT2D eigenvalue weighted by atomic mass is 9.85. The molecular formula is C9H22NP. The smallest absolute Gasteiger partial charge is 0.00454 e. The van der Waals surface area contributed by atoms with Gasteiger partial charge in [-0.1, -0.05) is 20.8 Å². The zero-order chi connectivity index (χ0) is 8.91. The summed E-state index contributed by atoms with van der Waals surface area (Å²) in [5.41, 5.74) is 6.12. The Labute approximate surface area is 72.9 Å². The zero-order valence-corrected chi connectivity index (χ0v) is 9.28. The van der Waals surface area contributed by atoms with Crippen LogP contribution in [-0.2, 0) is 0 Å². The lowest BCUT2D eigenvalue weighted by Crippen LogP contribution is -2.22. The van der Waals surface area contributed by atoms with Crippen LogP contribution in [-0.4, -0.2) is 19.4 Å². The fourth-order valence-corrected chi connectivity index (χ4v) is 2.28. The molecule has 2 unspecified atom stereocenters. The zero-order valence-electron chi connectivity index (χ0n) is 8.28. The molecule has 0 aromatic heterocycles. The minimum absolute atomic E-state index is 0.448. The molecule has 1 nitrogen and oxygen atoms in total. The van der Waals surface area contributed by atoms with Crippen LogP contribution >= 0.6 is 8.58 Å². The van der Waals surface area contributed by atoms with Crippen molar-refractivity contribution in [3.8, 4) is 0 Å². The predicted molar refractivity (Wildman–Crippen MR) is 55.7 cm³/mol. The molecule has 0 radical (unpaired) electrons. The Balaban J connectivity index is 3.68. The van der Waals surface area contributed by atoms with Crippen LogP contribution in [0.15, 0.2) is 0 Å². The van der Waals surface area contributed by atoms with Gasteiger partial charge in [0, 0.05) is 0 Å². The summed E-state index contributed by atoms with van der Waals surface area (Å²) in [6.07, 6.45) is 2.58. The summed E-state index contributed by atoms with van der Waals surface area (Å²) in [7, 11) is 1.05. The first-order chi connectivity index (χ1) is 4.99. The minimum Gasteiger partial charge on any atom is -0.330 e. The van der Waals surface area contributed by atoms with Gasteiger partial charge in [0.2, 0.25) is 0 Å². The highest BCUT2D eigenvalue weighted by atomic mass is 31.1. The highest BCUT2D eigenvalue weighted by Crippen LogP contribution is 2.26. The van der Waals surface area contributed by atoms with E-state index in [1.807, 2.05) is 0 Å². The van der Waals surface area contributed by atoms with E-state index in [2.05, 4.69) is 27.4 Å². The highest BCUT2D eigenvalue weighted by Gasteiger charge is 2.16. The van der Waals surface area contributed by atoms with Crippen LogP contribution in [0.1, 0.15) is 27.2 Å². The van der Waals surface area contributed by atoms with Gasteiger partial charge in [0.1, 0.15) is 0 Å². The van der Waals surface area contributed by atoms with E-state index in [-0.39, 0.29) is 0 Å². The van der Waals surface area contributed by atoms with Gasteiger partial charge >= 0.3 is 0 Å². The monoisotopic (exact) mass is 175 g/mol. The Bertz CT molecular complexity index is 96.2. The van der Waals surface area contributed by atoms with Gasteiger partial charge in [-0.2, -0.15) is 0 Å². The Morgan fingerprint density at radius 1 is 1.36 bits per heavy atom. The molecule has 68 valence electrons. The van der Waals surface area contributed by atoms with Crippen LogP contribution in [0.3, 0.4) is 0 Å². The van der Waals surface area contributed by atoms with Crippen LogP contribution in [0.5, 0.6) is 0 Å². The van der Waals surface area contributed by atoms with Crippen molar-refractivity contribution in [1.82, 2.24) is 0 Å². The van der Waals surface area contributed by atoms with Crippen molar-refractivity contribution in [2.24, 2.45) is 17.1 Å². The molecule has 0 fully saturated rings. The van der Waals surface area contributed by atoms with E-state index in [1.54, 1.807) is 0 Å². The largest absolute Gasteiger partial charge is 0.330 e. The number of hydrogen-bond donors (Lipinski definition) is 1. The van der Waals surface area contributed by atoms with Gasteiger partial charge in [-0.05, 0) is 37.1 Å². The maximum absolute atomic E-state index is 5.67. The molecule has 0 rings (SSSR count). The van der Waals surface area contributed by atoms with Gasteiger partial charge in [0.15, 0.2) is 0 Å². The first kappa shape index (κ1) is 11.4. The van der Waals surface area contributed by atoms with Crippen molar-refractivity contribution in [1.29, 1.82) is 0 Å². The Kier molecular flexibility index (Phi) is 5.29. The maximum Gasteiger partial charge on any atom is -0.00454 e. The molecule has 0 aromatic rings. The van der Waals surface area contributed by atoms with Crippen molar-refractivity contribution in [3.05, 3.63) is 0 Å². The lowest BCUT2D eigenvalue weighted by Gasteiger charge is -2.24. The second-order valence-corrected chi connectivity index (χ2v) is 5.54. The van der Waals surface area contributed by atoms with E-state index in [4.69, 9.17) is 5.73 Å². The van der Waals surface area contributed by atoms with Gasteiger partial charge < -0.3 is 5.73 Å². The first-order valence-electron chi connectivity index (χ1n) is 4.34. The standard InChI is InChI=1S/C9H22NP/c1-9(2,3)5-8(6-10)7-11-4/h8,11H,5-7,10H2,1-4H3. The van der Waals surface area contributed by atoms with Crippen LogP contribution < -0.4 is 5.73 Å². The third kappa shape index (κ3) is 6.77. The van der Waals surface area contributed by atoms with E-state index in [1.165, 1.54) is 12.6 Å². The summed E-state index contributed by atoms with van der Waals surface area (Å²) < 4.78 is 0. The van der Waals surface area contributed by atoms with Crippen LogP contribution in [0.25, 0.3) is 0 Å². The normalized spacial score (nSPS) is 16.1. The SMILES string of the molecule is CPCC(CN)CC(C)(C)C. The average Bonchev–Trinajstić information content (AvgIpc) is 1.84.